The summed E-state index contributed by atoms with van der Waals surface area (Å²) in [6.45, 7) is 1.98. The highest BCUT2D eigenvalue weighted by atomic mass is 32.1. The number of rotatable bonds is 3. The van der Waals surface area contributed by atoms with Crippen molar-refractivity contribution in [3.63, 3.8) is 0 Å². The summed E-state index contributed by atoms with van der Waals surface area (Å²) in [7, 11) is 0. The van der Waals surface area contributed by atoms with Crippen molar-refractivity contribution in [2.75, 3.05) is 5.32 Å². The topological polar surface area (TPSA) is 68.9 Å². The zero-order valence-corrected chi connectivity index (χ0v) is 10.1. The second-order valence-corrected chi connectivity index (χ2v) is 4.66. The number of nitriles is 1. The van der Waals surface area contributed by atoms with Gasteiger partial charge in [-0.25, -0.2) is 4.98 Å². The predicted molar refractivity (Wildman–Crippen MR) is 67.2 cm³/mol. The lowest BCUT2D eigenvalue weighted by Crippen LogP contribution is -1.92. The van der Waals surface area contributed by atoms with E-state index < -0.39 is 0 Å². The van der Waals surface area contributed by atoms with E-state index in [-0.39, 0.29) is 6.61 Å². The molecule has 0 aliphatic rings. The Kier molecular flexibility index (Phi) is 3.38. The van der Waals surface area contributed by atoms with E-state index in [1.54, 1.807) is 0 Å². The molecule has 2 rings (SSSR count). The minimum atomic E-state index is 0.0116. The van der Waals surface area contributed by atoms with Gasteiger partial charge in [0, 0.05) is 5.69 Å². The number of nitrogens with one attached hydrogen (secondary N) is 1. The molecule has 0 atom stereocenters. The molecule has 0 bridgehead atoms. The van der Waals surface area contributed by atoms with Gasteiger partial charge in [0.2, 0.25) is 0 Å². The van der Waals surface area contributed by atoms with Crippen LogP contribution in [0.4, 0.5) is 10.8 Å². The van der Waals surface area contributed by atoms with Crippen molar-refractivity contribution in [1.29, 1.82) is 5.26 Å². The third kappa shape index (κ3) is 2.81. The average molecular weight is 245 g/mol. The standard InChI is InChI=1S/C12H11N3OS/c1-8-2-9(7-16)4-10(3-8)15-12-14-6-11(5-13)17-12/h2-4,6,16H,7H2,1H3,(H,14,15). The third-order valence-corrected chi connectivity index (χ3v) is 3.00. The van der Waals surface area contributed by atoms with E-state index in [1.807, 2.05) is 31.2 Å². The van der Waals surface area contributed by atoms with Crippen molar-refractivity contribution in [2.45, 2.75) is 13.5 Å². The van der Waals surface area contributed by atoms with Gasteiger partial charge in [-0.15, -0.1) is 0 Å². The molecule has 0 saturated heterocycles. The van der Waals surface area contributed by atoms with E-state index in [0.29, 0.717) is 10.0 Å². The van der Waals surface area contributed by atoms with Gasteiger partial charge in [-0.2, -0.15) is 5.26 Å². The predicted octanol–water partition coefficient (Wildman–Crippen LogP) is 2.56. The highest BCUT2D eigenvalue weighted by molar-refractivity contribution is 7.16. The summed E-state index contributed by atoms with van der Waals surface area (Å²) in [5.74, 6) is 0. The normalized spacial score (nSPS) is 9.94. The maximum atomic E-state index is 9.11. The van der Waals surface area contributed by atoms with Crippen molar-refractivity contribution in [3.05, 3.63) is 40.4 Å². The molecule has 4 nitrogen and oxygen atoms in total. The van der Waals surface area contributed by atoms with Crippen LogP contribution in [0.25, 0.3) is 0 Å². The average Bonchev–Trinajstić information content (AvgIpc) is 2.76. The Balaban J connectivity index is 2.23. The van der Waals surface area contributed by atoms with Gasteiger partial charge in [0.15, 0.2) is 5.13 Å². The van der Waals surface area contributed by atoms with E-state index in [9.17, 15) is 0 Å². The highest BCUT2D eigenvalue weighted by Crippen LogP contribution is 2.23. The minimum Gasteiger partial charge on any atom is -0.392 e. The zero-order valence-electron chi connectivity index (χ0n) is 9.27. The summed E-state index contributed by atoms with van der Waals surface area (Å²) >= 11 is 1.30. The first kappa shape index (κ1) is 11.6. The van der Waals surface area contributed by atoms with Gasteiger partial charge in [-0.3, -0.25) is 0 Å². The number of anilines is 2. The summed E-state index contributed by atoms with van der Waals surface area (Å²) in [5.41, 5.74) is 2.79. The van der Waals surface area contributed by atoms with Crippen LogP contribution >= 0.6 is 11.3 Å². The fourth-order valence-electron chi connectivity index (χ4n) is 1.53. The molecule has 0 aliphatic heterocycles. The molecule has 0 amide bonds. The van der Waals surface area contributed by atoms with Crippen molar-refractivity contribution in [2.24, 2.45) is 0 Å². The lowest BCUT2D eigenvalue weighted by Gasteiger charge is -2.06. The van der Waals surface area contributed by atoms with Gasteiger partial charge in [-0.05, 0) is 30.2 Å². The maximum absolute atomic E-state index is 9.11. The molecule has 5 heteroatoms. The summed E-state index contributed by atoms with van der Waals surface area (Å²) in [6.07, 6.45) is 1.54. The van der Waals surface area contributed by atoms with Gasteiger partial charge in [0.1, 0.15) is 10.9 Å². The number of benzene rings is 1. The molecule has 1 heterocycles. The quantitative estimate of drug-likeness (QED) is 0.872. The van der Waals surface area contributed by atoms with E-state index >= 15 is 0 Å². The minimum absolute atomic E-state index is 0.0116. The van der Waals surface area contributed by atoms with Crippen molar-refractivity contribution >= 4 is 22.2 Å². The Hall–Kier alpha value is -1.90. The van der Waals surface area contributed by atoms with Gasteiger partial charge >= 0.3 is 0 Å². The number of thiazole rings is 1. The largest absolute Gasteiger partial charge is 0.392 e. The van der Waals surface area contributed by atoms with Crippen molar-refractivity contribution < 1.29 is 5.11 Å². The lowest BCUT2D eigenvalue weighted by molar-refractivity contribution is 0.282. The molecule has 0 radical (unpaired) electrons. The molecule has 1 aromatic carbocycles. The van der Waals surface area contributed by atoms with E-state index in [2.05, 4.69) is 10.3 Å². The number of hydrogen-bond donors (Lipinski definition) is 2. The second-order valence-electron chi connectivity index (χ2n) is 3.63. The fraction of sp³-hybridized carbons (Fsp3) is 0.167. The molecule has 17 heavy (non-hydrogen) atoms. The first-order valence-electron chi connectivity index (χ1n) is 5.05. The number of aliphatic hydroxyl groups is 1. The summed E-state index contributed by atoms with van der Waals surface area (Å²) in [6, 6.07) is 7.79. The number of aromatic nitrogens is 1. The van der Waals surface area contributed by atoms with Crippen LogP contribution in [0.3, 0.4) is 0 Å². The number of hydrogen-bond acceptors (Lipinski definition) is 5. The summed E-state index contributed by atoms with van der Waals surface area (Å²) in [5, 5.41) is 21.6. The van der Waals surface area contributed by atoms with Crippen LogP contribution in [0.1, 0.15) is 16.0 Å². The monoisotopic (exact) mass is 245 g/mol. The molecule has 1 aromatic heterocycles. The zero-order chi connectivity index (χ0) is 12.3. The maximum Gasteiger partial charge on any atom is 0.188 e. The first-order chi connectivity index (χ1) is 8.21. The Morgan fingerprint density at radius 1 is 1.47 bits per heavy atom. The SMILES string of the molecule is Cc1cc(CO)cc(Nc2ncc(C#N)s2)c1. The van der Waals surface area contributed by atoms with E-state index in [4.69, 9.17) is 10.4 Å². The molecule has 0 aliphatic carbocycles. The van der Waals surface area contributed by atoms with Crippen LogP contribution in [-0.4, -0.2) is 10.1 Å². The van der Waals surface area contributed by atoms with Crippen molar-refractivity contribution in [1.82, 2.24) is 4.98 Å². The Bertz CT molecular complexity index is 571. The molecular weight excluding hydrogens is 234 g/mol. The Labute approximate surface area is 103 Å². The molecule has 2 N–H and O–H groups in total. The summed E-state index contributed by atoms with van der Waals surface area (Å²) < 4.78 is 0. The molecule has 0 unspecified atom stereocenters. The van der Waals surface area contributed by atoms with Gasteiger partial charge in [0.05, 0.1) is 12.8 Å². The molecule has 86 valence electrons. The van der Waals surface area contributed by atoms with Crippen molar-refractivity contribution in [3.8, 4) is 6.07 Å². The third-order valence-electron chi connectivity index (χ3n) is 2.19. The number of nitrogens with zero attached hydrogens (tertiary/aromatic N) is 2. The molecule has 0 spiro atoms. The molecule has 0 fully saturated rings. The highest BCUT2D eigenvalue weighted by Gasteiger charge is 2.03. The van der Waals surface area contributed by atoms with Crippen LogP contribution < -0.4 is 5.32 Å². The Morgan fingerprint density at radius 2 is 2.29 bits per heavy atom. The smallest absolute Gasteiger partial charge is 0.188 e. The van der Waals surface area contributed by atoms with Crippen LogP contribution in [0.15, 0.2) is 24.4 Å². The molecule has 2 aromatic rings. The first-order valence-corrected chi connectivity index (χ1v) is 5.87. The van der Waals surface area contributed by atoms with Gasteiger partial charge in [0.25, 0.3) is 0 Å². The van der Waals surface area contributed by atoms with Gasteiger partial charge in [-0.1, -0.05) is 17.4 Å². The van der Waals surface area contributed by atoms with Crippen LogP contribution in [0.5, 0.6) is 0 Å². The lowest BCUT2D eigenvalue weighted by atomic mass is 10.1. The Morgan fingerprint density at radius 3 is 2.94 bits per heavy atom. The molecule has 0 saturated carbocycles. The summed E-state index contributed by atoms with van der Waals surface area (Å²) in [4.78, 5) is 4.66. The fourth-order valence-corrected chi connectivity index (χ4v) is 2.17. The van der Waals surface area contributed by atoms with Gasteiger partial charge < -0.3 is 10.4 Å². The van der Waals surface area contributed by atoms with Crippen LogP contribution in [0.2, 0.25) is 0 Å². The van der Waals surface area contributed by atoms with E-state index in [1.165, 1.54) is 17.5 Å². The van der Waals surface area contributed by atoms with Crippen LogP contribution in [-0.2, 0) is 6.61 Å². The number of aliphatic hydroxyl groups excluding tert-OH is 1. The number of aryl methyl sites for hydroxylation is 1. The van der Waals surface area contributed by atoms with Crippen LogP contribution in [0, 0.1) is 18.3 Å². The van der Waals surface area contributed by atoms with E-state index in [0.717, 1.165) is 16.8 Å². The molecular formula is C12H11N3OS. The second kappa shape index (κ2) is 4.95.